The van der Waals surface area contributed by atoms with E-state index in [-0.39, 0.29) is 36.2 Å². The van der Waals surface area contributed by atoms with E-state index in [9.17, 15) is 14.4 Å². The number of amides is 1. The lowest BCUT2D eigenvalue weighted by Gasteiger charge is -2.22. The van der Waals surface area contributed by atoms with Gasteiger partial charge in [-0.15, -0.1) is 0 Å². The van der Waals surface area contributed by atoms with Crippen molar-refractivity contribution in [3.05, 3.63) is 71.8 Å². The normalized spacial score (nSPS) is 11.9. The van der Waals surface area contributed by atoms with Crippen LogP contribution in [-0.2, 0) is 36.9 Å². The molecule has 1 N–H and O–H groups in total. The quantitative estimate of drug-likeness (QED) is 0.269. The van der Waals surface area contributed by atoms with E-state index in [4.69, 9.17) is 9.47 Å². The highest BCUT2D eigenvalue weighted by Gasteiger charge is 2.16. The maximum absolute atomic E-state index is 12.1. The van der Waals surface area contributed by atoms with Gasteiger partial charge in [0, 0.05) is 51.4 Å². The van der Waals surface area contributed by atoms with Crippen molar-refractivity contribution in [3.63, 3.8) is 0 Å². The molecule has 0 fully saturated rings. The van der Waals surface area contributed by atoms with Crippen molar-refractivity contribution in [2.75, 3.05) is 39.5 Å². The van der Waals surface area contributed by atoms with Crippen LogP contribution in [0.2, 0.25) is 0 Å². The minimum absolute atomic E-state index is 0.00442. The number of nitrogens with zero attached hydrogens (tertiary/aromatic N) is 1. The van der Waals surface area contributed by atoms with Gasteiger partial charge in [-0.05, 0) is 24.5 Å². The third kappa shape index (κ3) is 14.5. The number of rotatable bonds is 20. The van der Waals surface area contributed by atoms with E-state index >= 15 is 0 Å². The van der Waals surface area contributed by atoms with Gasteiger partial charge in [-0.3, -0.25) is 14.5 Å². The SMILES string of the molecule is CC(=O)CCCNC(=O)C(C)CC(=O)CCOCCOCCN(Cc1ccccc1)Cc1ccccc1. The summed E-state index contributed by atoms with van der Waals surface area (Å²) in [5.74, 6) is -0.427. The Kier molecular flexibility index (Phi) is 15.1. The Hall–Kier alpha value is -2.87. The first-order valence-electron chi connectivity index (χ1n) is 13.2. The first-order chi connectivity index (χ1) is 17.9. The van der Waals surface area contributed by atoms with Crippen LogP contribution in [0, 0.1) is 5.92 Å². The number of benzene rings is 2. The Morgan fingerprint density at radius 1 is 0.811 bits per heavy atom. The number of hydrogen-bond donors (Lipinski definition) is 1. The molecule has 1 unspecified atom stereocenters. The molecule has 2 aromatic rings. The molecule has 0 aliphatic carbocycles. The average Bonchev–Trinajstić information content (AvgIpc) is 2.89. The van der Waals surface area contributed by atoms with Gasteiger partial charge >= 0.3 is 0 Å². The third-order valence-corrected chi connectivity index (χ3v) is 5.93. The molecule has 0 saturated carbocycles. The summed E-state index contributed by atoms with van der Waals surface area (Å²) in [6, 6.07) is 20.8. The van der Waals surface area contributed by atoms with E-state index in [1.54, 1.807) is 6.92 Å². The second-order valence-electron chi connectivity index (χ2n) is 9.40. The molecule has 0 aliphatic heterocycles. The third-order valence-electron chi connectivity index (χ3n) is 5.93. The van der Waals surface area contributed by atoms with Crippen molar-refractivity contribution < 1.29 is 23.9 Å². The number of hydrogen-bond acceptors (Lipinski definition) is 6. The summed E-state index contributed by atoms with van der Waals surface area (Å²) in [5.41, 5.74) is 2.54. The minimum Gasteiger partial charge on any atom is -0.379 e. The molecule has 37 heavy (non-hydrogen) atoms. The summed E-state index contributed by atoms with van der Waals surface area (Å²) in [4.78, 5) is 37.5. The number of carbonyl (C=O) groups is 3. The van der Waals surface area contributed by atoms with Crippen LogP contribution < -0.4 is 5.32 Å². The zero-order valence-corrected chi connectivity index (χ0v) is 22.3. The number of Topliss-reactive ketones (excluding diaryl/α,β-unsaturated/α-hetero) is 2. The number of carbonyl (C=O) groups excluding carboxylic acids is 3. The van der Waals surface area contributed by atoms with Gasteiger partial charge in [0.25, 0.3) is 0 Å². The van der Waals surface area contributed by atoms with Crippen molar-refractivity contribution in [1.29, 1.82) is 0 Å². The zero-order valence-electron chi connectivity index (χ0n) is 22.3. The molecule has 1 atom stereocenters. The summed E-state index contributed by atoms with van der Waals surface area (Å²) in [5, 5.41) is 2.78. The van der Waals surface area contributed by atoms with E-state index in [0.29, 0.717) is 45.8 Å². The first kappa shape index (κ1) is 30.4. The standard InChI is InChI=1S/C30H42N2O5/c1-25(30(35)31-16-9-10-26(2)33)22-29(34)15-18-36-20-21-37-19-17-32(23-27-11-5-3-6-12-27)24-28-13-7-4-8-14-28/h3-8,11-14,25H,9-10,15-24H2,1-2H3,(H,31,35). The first-order valence-corrected chi connectivity index (χ1v) is 13.2. The van der Waals surface area contributed by atoms with Gasteiger partial charge in [-0.25, -0.2) is 0 Å². The lowest BCUT2D eigenvalue weighted by molar-refractivity contribution is -0.129. The Morgan fingerprint density at radius 3 is 1.95 bits per heavy atom. The van der Waals surface area contributed by atoms with Gasteiger partial charge < -0.3 is 19.6 Å². The number of ketones is 2. The summed E-state index contributed by atoms with van der Waals surface area (Å²) >= 11 is 0. The predicted molar refractivity (Wildman–Crippen MR) is 145 cm³/mol. The predicted octanol–water partition coefficient (Wildman–Crippen LogP) is 4.19. The monoisotopic (exact) mass is 510 g/mol. The molecular weight excluding hydrogens is 468 g/mol. The summed E-state index contributed by atoms with van der Waals surface area (Å²) in [6.45, 7) is 8.06. The topological polar surface area (TPSA) is 84.9 Å². The summed E-state index contributed by atoms with van der Waals surface area (Å²) in [6.07, 6.45) is 1.55. The Labute approximate surface area is 221 Å². The van der Waals surface area contributed by atoms with Crippen molar-refractivity contribution in [1.82, 2.24) is 10.2 Å². The molecule has 0 bridgehead atoms. The Bertz CT molecular complexity index is 879. The highest BCUT2D eigenvalue weighted by Crippen LogP contribution is 2.10. The lowest BCUT2D eigenvalue weighted by Crippen LogP contribution is -2.31. The number of ether oxygens (including phenoxy) is 2. The molecule has 2 aromatic carbocycles. The molecule has 0 radical (unpaired) electrons. The van der Waals surface area contributed by atoms with Crippen LogP contribution in [0.5, 0.6) is 0 Å². The molecule has 202 valence electrons. The summed E-state index contributed by atoms with van der Waals surface area (Å²) in [7, 11) is 0. The van der Waals surface area contributed by atoms with Crippen LogP contribution in [0.25, 0.3) is 0 Å². The molecule has 0 spiro atoms. The fourth-order valence-electron chi connectivity index (χ4n) is 3.86. The van der Waals surface area contributed by atoms with E-state index in [1.807, 2.05) is 12.1 Å². The van der Waals surface area contributed by atoms with Gasteiger partial charge in [-0.1, -0.05) is 67.6 Å². The van der Waals surface area contributed by atoms with Crippen LogP contribution >= 0.6 is 0 Å². The van der Waals surface area contributed by atoms with Crippen molar-refractivity contribution in [3.8, 4) is 0 Å². The van der Waals surface area contributed by atoms with Crippen LogP contribution in [0.1, 0.15) is 50.7 Å². The second kappa shape index (κ2) is 18.4. The molecule has 1 amide bonds. The van der Waals surface area contributed by atoms with Crippen molar-refractivity contribution >= 4 is 17.5 Å². The summed E-state index contributed by atoms with van der Waals surface area (Å²) < 4.78 is 11.3. The van der Waals surface area contributed by atoms with Crippen LogP contribution in [-0.4, -0.2) is 61.9 Å². The Balaban J connectivity index is 1.56. The minimum atomic E-state index is -0.386. The molecule has 0 heterocycles. The van der Waals surface area contributed by atoms with Crippen LogP contribution in [0.4, 0.5) is 0 Å². The zero-order chi connectivity index (χ0) is 26.7. The second-order valence-corrected chi connectivity index (χ2v) is 9.40. The highest BCUT2D eigenvalue weighted by molar-refractivity contribution is 5.86. The van der Waals surface area contributed by atoms with E-state index < -0.39 is 0 Å². The fourth-order valence-corrected chi connectivity index (χ4v) is 3.86. The van der Waals surface area contributed by atoms with E-state index in [0.717, 1.165) is 19.6 Å². The van der Waals surface area contributed by atoms with Crippen molar-refractivity contribution in [2.45, 2.75) is 52.6 Å². The van der Waals surface area contributed by atoms with Gasteiger partial charge in [0.15, 0.2) is 0 Å². The largest absolute Gasteiger partial charge is 0.379 e. The van der Waals surface area contributed by atoms with Gasteiger partial charge in [0.1, 0.15) is 11.6 Å². The van der Waals surface area contributed by atoms with E-state index in [2.05, 4.69) is 58.7 Å². The number of nitrogens with one attached hydrogen (secondary N) is 1. The maximum atomic E-state index is 12.1. The lowest BCUT2D eigenvalue weighted by atomic mass is 10.0. The van der Waals surface area contributed by atoms with Gasteiger partial charge in [-0.2, -0.15) is 0 Å². The highest BCUT2D eigenvalue weighted by atomic mass is 16.5. The Morgan fingerprint density at radius 2 is 1.38 bits per heavy atom. The van der Waals surface area contributed by atoms with Crippen LogP contribution in [0.3, 0.4) is 0 Å². The van der Waals surface area contributed by atoms with Gasteiger partial charge in [0.05, 0.1) is 26.4 Å². The fraction of sp³-hybridized carbons (Fsp3) is 0.500. The maximum Gasteiger partial charge on any atom is 0.223 e. The molecule has 7 nitrogen and oxygen atoms in total. The molecule has 0 aliphatic rings. The average molecular weight is 511 g/mol. The molecule has 7 heteroatoms. The molecule has 0 saturated heterocycles. The molecular formula is C30H42N2O5. The van der Waals surface area contributed by atoms with Crippen molar-refractivity contribution in [2.24, 2.45) is 5.92 Å². The van der Waals surface area contributed by atoms with Crippen LogP contribution in [0.15, 0.2) is 60.7 Å². The smallest absolute Gasteiger partial charge is 0.223 e. The molecule has 0 aromatic heterocycles. The molecule has 2 rings (SSSR count). The van der Waals surface area contributed by atoms with E-state index in [1.165, 1.54) is 18.1 Å². The van der Waals surface area contributed by atoms with Gasteiger partial charge in [0.2, 0.25) is 5.91 Å².